The number of carbonyl (C=O) groups excluding carboxylic acids is 3. The summed E-state index contributed by atoms with van der Waals surface area (Å²) in [5.74, 6) is -3.39. The third kappa shape index (κ3) is 7.39. The van der Waals surface area contributed by atoms with Crippen molar-refractivity contribution in [1.29, 1.82) is 0 Å². The first-order valence-electron chi connectivity index (χ1n) is 19.2. The van der Waals surface area contributed by atoms with Crippen LogP contribution in [0.5, 0.6) is 17.2 Å². The average Bonchev–Trinajstić information content (AvgIpc) is 3.61. The van der Waals surface area contributed by atoms with Gasteiger partial charge in [0.25, 0.3) is 11.6 Å². The van der Waals surface area contributed by atoms with Gasteiger partial charge in [-0.1, -0.05) is 29.9 Å². The van der Waals surface area contributed by atoms with Crippen LogP contribution in [0, 0.1) is 4.91 Å². The van der Waals surface area contributed by atoms with Crippen molar-refractivity contribution < 1.29 is 62.9 Å². The molecule has 0 saturated carbocycles. The molecule has 9 atom stereocenters. The van der Waals surface area contributed by atoms with Crippen LogP contribution in [0.1, 0.15) is 75.8 Å². The van der Waals surface area contributed by atoms with Gasteiger partial charge in [-0.05, 0) is 29.9 Å². The number of hydrogen-bond acceptors (Lipinski definition) is 17. The van der Waals surface area contributed by atoms with Crippen LogP contribution in [0.25, 0.3) is 0 Å². The quantitative estimate of drug-likeness (QED) is 0.0965. The number of morpholine rings is 1. The van der Waals surface area contributed by atoms with E-state index < -0.39 is 89.6 Å². The molecule has 17 nitrogen and oxygen atoms in total. The molecule has 8 rings (SSSR count). The highest BCUT2D eigenvalue weighted by molar-refractivity contribution is 8.76. The molecule has 0 spiro atoms. The number of carbonyl (C=O) groups is 3. The van der Waals surface area contributed by atoms with E-state index in [0.29, 0.717) is 28.6 Å². The second-order valence-corrected chi connectivity index (χ2v) is 17.9. The minimum Gasteiger partial charge on any atom is -0.507 e. The van der Waals surface area contributed by atoms with Crippen molar-refractivity contribution in [3.05, 3.63) is 74.8 Å². The van der Waals surface area contributed by atoms with E-state index in [-0.39, 0.29) is 58.4 Å². The number of benzene rings is 2. The Bertz CT molecular complexity index is 2190. The number of phenols is 2. The largest absolute Gasteiger partial charge is 0.507 e. The number of pyridine rings is 1. The van der Waals surface area contributed by atoms with E-state index >= 15 is 0 Å². The molecular formula is C40H45N4O13S2+. The summed E-state index contributed by atoms with van der Waals surface area (Å²) in [6, 6.07) is 7.67. The summed E-state index contributed by atoms with van der Waals surface area (Å²) in [5.41, 5.74) is -2.91. The Morgan fingerprint density at radius 3 is 2.61 bits per heavy atom. The number of aliphatic hydroxyl groups is 1. The van der Waals surface area contributed by atoms with Gasteiger partial charge in [0.1, 0.15) is 40.2 Å². The number of ketones is 2. The number of rotatable bonds is 11. The third-order valence-electron chi connectivity index (χ3n) is 11.5. The Kier molecular flexibility index (Phi) is 11.5. The van der Waals surface area contributed by atoms with Crippen molar-refractivity contribution >= 4 is 44.7 Å². The molecule has 3 saturated heterocycles. The van der Waals surface area contributed by atoms with Crippen LogP contribution in [-0.4, -0.2) is 136 Å². The van der Waals surface area contributed by atoms with Crippen LogP contribution in [0.4, 0.5) is 5.69 Å². The second-order valence-electron chi connectivity index (χ2n) is 15.2. The lowest BCUT2D eigenvalue weighted by atomic mass is 9.72. The molecule has 2 aromatic carbocycles. The first kappa shape index (κ1) is 41.5. The van der Waals surface area contributed by atoms with E-state index in [0.717, 1.165) is 0 Å². The topological polar surface area (TPSA) is 216 Å². The summed E-state index contributed by atoms with van der Waals surface area (Å²) in [6.45, 7) is 4.83. The van der Waals surface area contributed by atoms with Crippen LogP contribution in [0.2, 0.25) is 0 Å². The van der Waals surface area contributed by atoms with Gasteiger partial charge in [-0.15, -0.1) is 0 Å². The highest BCUT2D eigenvalue weighted by Crippen LogP contribution is 2.53. The highest BCUT2D eigenvalue weighted by atomic mass is 33.1. The Morgan fingerprint density at radius 1 is 1.12 bits per heavy atom. The molecule has 0 bridgehead atoms. The highest BCUT2D eigenvalue weighted by Gasteiger charge is 2.55. The maximum absolute atomic E-state index is 14.2. The molecule has 3 aromatic rings. The van der Waals surface area contributed by atoms with Gasteiger partial charge in [0.05, 0.1) is 42.6 Å². The third-order valence-corrected chi connectivity index (χ3v) is 14.3. The number of methoxy groups -OCH3 is 2. The minimum absolute atomic E-state index is 0.0311. The maximum atomic E-state index is 14.2. The molecule has 1 aromatic heterocycles. The Hall–Kier alpha value is -4.18. The predicted octanol–water partition coefficient (Wildman–Crippen LogP) is 3.53. The molecule has 0 radical (unpaired) electrons. The van der Waals surface area contributed by atoms with Crippen LogP contribution in [-0.2, 0) is 34.9 Å². The van der Waals surface area contributed by atoms with Crippen LogP contribution >= 0.6 is 21.6 Å². The molecule has 0 unspecified atom stereocenters. The Morgan fingerprint density at radius 2 is 1.90 bits per heavy atom. The van der Waals surface area contributed by atoms with Gasteiger partial charge in [-0.25, -0.2) is 4.98 Å². The van der Waals surface area contributed by atoms with E-state index in [2.05, 4.69) is 15.2 Å². The number of nitrogens with zero attached hydrogens (tertiary/aromatic N) is 3. The number of hydrogen-bond donors (Lipinski definition) is 4. The van der Waals surface area contributed by atoms with E-state index in [1.807, 2.05) is 13.8 Å². The van der Waals surface area contributed by atoms with Crippen molar-refractivity contribution in [3.8, 4) is 17.2 Å². The van der Waals surface area contributed by atoms with Crippen molar-refractivity contribution in [1.82, 2.24) is 15.2 Å². The van der Waals surface area contributed by atoms with Gasteiger partial charge in [0, 0.05) is 83.2 Å². The number of amides is 1. The summed E-state index contributed by atoms with van der Waals surface area (Å²) in [7, 11) is 7.06. The number of nitrogens with one attached hydrogen (secondary N) is 1. The van der Waals surface area contributed by atoms with Crippen LogP contribution < -0.4 is 10.1 Å². The zero-order valence-electron chi connectivity index (χ0n) is 32.9. The SMILES string of the molecule is COc1cccc2c1C(=O)c1c(O)c3c(c(O)c1C2=O)C[C@@](O)(C(=O)NC[C@@H](C)SSc1ccc([N+](C)=O)cn1)C[C@@H]3O[C@H]1C[C@H]2[C@H](O[C@@H]3[C@@H](OC)OCCN32)[C@H](C)O1. The maximum Gasteiger partial charge on any atom is 0.273 e. The lowest BCUT2D eigenvalue weighted by Gasteiger charge is -2.43. The van der Waals surface area contributed by atoms with Gasteiger partial charge < -0.3 is 49.1 Å². The van der Waals surface area contributed by atoms with Crippen molar-refractivity contribution in [2.45, 2.75) is 92.1 Å². The molecule has 314 valence electrons. The van der Waals surface area contributed by atoms with E-state index in [1.54, 1.807) is 19.2 Å². The molecule has 3 fully saturated rings. The van der Waals surface area contributed by atoms with Crippen molar-refractivity contribution in [2.75, 3.05) is 41.0 Å². The number of nitroso groups, excluding NO2 is 1. The lowest BCUT2D eigenvalue weighted by Crippen LogP contribution is -2.55. The molecule has 5 aliphatic rings. The van der Waals surface area contributed by atoms with E-state index in [4.69, 9.17) is 28.4 Å². The van der Waals surface area contributed by atoms with E-state index in [1.165, 1.54) is 60.1 Å². The zero-order valence-corrected chi connectivity index (χ0v) is 34.5. The van der Waals surface area contributed by atoms with Gasteiger partial charge in [-0.3, -0.25) is 19.3 Å². The number of aromatic hydroxyl groups is 2. The first-order valence-corrected chi connectivity index (χ1v) is 21.4. The average molecular weight is 854 g/mol. The van der Waals surface area contributed by atoms with E-state index in [9.17, 15) is 34.6 Å². The molecule has 1 amide bonds. The number of aromatic nitrogens is 1. The monoisotopic (exact) mass is 853 g/mol. The standard InChI is InChI=1S/C40H44N4O13S2/c1-18(58-59-26-10-9-20(17-41-26)43(3)51)16-42-39(49)40(50)14-22-29(35(48)31-30(33(22)46)32(45)21-7-6-8-24(52-4)28(21)34(31)47)25(15-40)56-27-13-23-36(19(2)55-27)57-37-38(53-5)54-12-11-44(23)37/h6-10,17-19,23,25,27,36-38,50H,11-16H2,1-5H3,(H2-,42,45,46,47,48,49)/p+1/t18-,19+,23+,25+,27+,36-,37-,38+,40+/m1/s1. The number of ether oxygens (including phenoxy) is 6. The molecule has 59 heavy (non-hydrogen) atoms. The number of phenolic OH excluding ortho intramolecular Hbond substituents is 2. The van der Waals surface area contributed by atoms with Crippen LogP contribution in [0.15, 0.2) is 41.6 Å². The summed E-state index contributed by atoms with van der Waals surface area (Å²) in [6.07, 6.45) is -3.34. The Labute approximate surface area is 347 Å². The molecule has 2 aliphatic carbocycles. The summed E-state index contributed by atoms with van der Waals surface area (Å²) in [4.78, 5) is 60.2. The molecule has 4 N–H and O–H groups in total. The lowest BCUT2D eigenvalue weighted by molar-refractivity contribution is -0.428. The van der Waals surface area contributed by atoms with Crippen LogP contribution in [0.3, 0.4) is 0 Å². The van der Waals surface area contributed by atoms with Crippen molar-refractivity contribution in [3.63, 3.8) is 0 Å². The normalized spacial score (nSPS) is 29.1. The Balaban J connectivity index is 1.09. The van der Waals surface area contributed by atoms with Gasteiger partial charge in [-0.2, -0.15) is 0 Å². The predicted molar refractivity (Wildman–Crippen MR) is 211 cm³/mol. The molecule has 4 heterocycles. The first-order chi connectivity index (χ1) is 28.2. The molecule has 3 aliphatic heterocycles. The van der Waals surface area contributed by atoms with Crippen molar-refractivity contribution in [2.24, 2.45) is 0 Å². The van der Waals surface area contributed by atoms with Gasteiger partial charge in [0.15, 0.2) is 31.6 Å². The van der Waals surface area contributed by atoms with Gasteiger partial charge in [0.2, 0.25) is 5.78 Å². The zero-order chi connectivity index (χ0) is 41.9. The fraction of sp³-hybridized carbons (Fsp3) is 0.500. The number of fused-ring (bicyclic) bond motifs is 6. The fourth-order valence-corrected chi connectivity index (χ4v) is 10.6. The van der Waals surface area contributed by atoms with Gasteiger partial charge >= 0.3 is 0 Å². The second kappa shape index (κ2) is 16.4. The smallest absolute Gasteiger partial charge is 0.273 e. The summed E-state index contributed by atoms with van der Waals surface area (Å²) in [5, 5.41) is 39.6. The molecule has 19 heteroatoms. The molecular weight excluding hydrogens is 809 g/mol. The summed E-state index contributed by atoms with van der Waals surface area (Å²) >= 11 is 0. The fourth-order valence-electron chi connectivity index (χ4n) is 8.68. The minimum atomic E-state index is -2.21. The summed E-state index contributed by atoms with van der Waals surface area (Å²) < 4.78 is 36.7.